The van der Waals surface area contributed by atoms with Crippen LogP contribution in [0.5, 0.6) is 0 Å². The van der Waals surface area contributed by atoms with Crippen LogP contribution in [-0.2, 0) is 31.2 Å². The second-order valence-corrected chi connectivity index (χ2v) is 8.50. The summed E-state index contributed by atoms with van der Waals surface area (Å²) < 4.78 is 17.6. The molecule has 2 aliphatic heterocycles. The van der Waals surface area contributed by atoms with Crippen LogP contribution in [0.4, 0.5) is 0 Å². The molecule has 0 amide bonds. The summed E-state index contributed by atoms with van der Waals surface area (Å²) in [5.41, 5.74) is 0. The Hall–Kier alpha value is -1.46. The van der Waals surface area contributed by atoms with Crippen molar-refractivity contribution < 1.29 is 51.7 Å². The summed E-state index contributed by atoms with van der Waals surface area (Å²) in [6, 6.07) is 0. The van der Waals surface area contributed by atoms with E-state index in [2.05, 4.69) is 12.1 Å². The van der Waals surface area contributed by atoms with Crippen LogP contribution >= 0.6 is 0 Å². The molecular formula is C8H8O12Sb. The summed E-state index contributed by atoms with van der Waals surface area (Å²) in [5.74, 6) is -6.53. The molecule has 2 rings (SSSR count). The SMILES string of the molecule is O=C1[O][Sb]2([O]C(=O)C(O)C1O)[O]C(=O)C(O)C(O)C(=O)[O]2. The van der Waals surface area contributed by atoms with Gasteiger partial charge in [-0.1, -0.05) is 0 Å². The second kappa shape index (κ2) is 5.39. The molecule has 117 valence electrons. The van der Waals surface area contributed by atoms with E-state index in [1.54, 1.807) is 0 Å². The van der Waals surface area contributed by atoms with Gasteiger partial charge in [-0.05, 0) is 0 Å². The molecule has 12 nitrogen and oxygen atoms in total. The van der Waals surface area contributed by atoms with E-state index in [9.17, 15) is 39.6 Å². The zero-order valence-corrected chi connectivity index (χ0v) is 12.4. The number of rotatable bonds is 0. The van der Waals surface area contributed by atoms with Gasteiger partial charge in [0, 0.05) is 0 Å². The topological polar surface area (TPSA) is 186 Å². The van der Waals surface area contributed by atoms with E-state index in [0.717, 1.165) is 0 Å². The van der Waals surface area contributed by atoms with Crippen molar-refractivity contribution in [2.45, 2.75) is 24.4 Å². The fourth-order valence-corrected chi connectivity index (χ4v) is 5.67. The number of hydrogen-bond donors (Lipinski definition) is 4. The maximum absolute atomic E-state index is 11.4. The van der Waals surface area contributed by atoms with Crippen molar-refractivity contribution >= 4 is 44.4 Å². The second-order valence-electron chi connectivity index (χ2n) is 3.87. The Morgan fingerprint density at radius 2 is 0.762 bits per heavy atom. The molecule has 13 heteroatoms. The quantitative estimate of drug-likeness (QED) is 0.275. The molecule has 0 aromatic rings. The van der Waals surface area contributed by atoms with E-state index in [1.165, 1.54) is 0 Å². The van der Waals surface area contributed by atoms with E-state index in [4.69, 9.17) is 0 Å². The Morgan fingerprint density at radius 3 is 0.952 bits per heavy atom. The number of aliphatic hydroxyl groups excluding tert-OH is 4. The molecule has 0 bridgehead atoms. The molecule has 1 radical (unpaired) electrons. The standard InChI is InChI=1S/2C4H6O6.Sb/c2*5-1(3(7)8)2(6)4(9)10;/h2*1-2,5-6H,(H,7,8)(H,9,10);/q;;+4/p-4. The van der Waals surface area contributed by atoms with Gasteiger partial charge in [0.15, 0.2) is 0 Å². The fourth-order valence-electron chi connectivity index (χ4n) is 1.28. The van der Waals surface area contributed by atoms with Crippen LogP contribution in [0.15, 0.2) is 0 Å². The first-order valence-corrected chi connectivity index (χ1v) is 9.39. The van der Waals surface area contributed by atoms with Gasteiger partial charge in [0.05, 0.1) is 0 Å². The molecule has 4 N–H and O–H groups in total. The van der Waals surface area contributed by atoms with Crippen LogP contribution in [0.3, 0.4) is 0 Å². The molecule has 4 atom stereocenters. The third-order valence-electron chi connectivity index (χ3n) is 2.37. The van der Waals surface area contributed by atoms with Crippen LogP contribution < -0.4 is 0 Å². The van der Waals surface area contributed by atoms with Crippen LogP contribution in [0.25, 0.3) is 0 Å². The van der Waals surface area contributed by atoms with Gasteiger partial charge in [-0.25, -0.2) is 0 Å². The van der Waals surface area contributed by atoms with Gasteiger partial charge in [-0.3, -0.25) is 0 Å². The van der Waals surface area contributed by atoms with Gasteiger partial charge >= 0.3 is 120 Å². The third kappa shape index (κ3) is 2.80. The molecule has 21 heavy (non-hydrogen) atoms. The first-order chi connectivity index (χ1) is 9.67. The van der Waals surface area contributed by atoms with Crippen molar-refractivity contribution in [2.24, 2.45) is 0 Å². The number of carbonyl (C=O) groups excluding carboxylic acids is 4. The van der Waals surface area contributed by atoms with E-state index in [0.29, 0.717) is 0 Å². The summed E-state index contributed by atoms with van der Waals surface area (Å²) in [5, 5.41) is 37.0. The average Bonchev–Trinajstić information content (AvgIpc) is 2.53. The first-order valence-electron chi connectivity index (χ1n) is 5.22. The number of hydrogen-bond acceptors (Lipinski definition) is 12. The van der Waals surface area contributed by atoms with Crippen LogP contribution in [0.2, 0.25) is 0 Å². The Labute approximate surface area is 121 Å². The van der Waals surface area contributed by atoms with Crippen LogP contribution in [0, 0.1) is 0 Å². The molecule has 0 saturated carbocycles. The van der Waals surface area contributed by atoms with Crippen LogP contribution in [0.1, 0.15) is 0 Å². The van der Waals surface area contributed by atoms with E-state index in [1.807, 2.05) is 0 Å². The van der Waals surface area contributed by atoms with E-state index in [-0.39, 0.29) is 0 Å². The summed E-state index contributed by atoms with van der Waals surface area (Å²) in [6.07, 6.45) is -9.38. The minimum atomic E-state index is -5.89. The maximum atomic E-state index is 11.4. The number of carbonyl (C=O) groups is 4. The molecule has 1 spiro atoms. The molecular weight excluding hydrogens is 410 g/mol. The van der Waals surface area contributed by atoms with Gasteiger partial charge in [0.25, 0.3) is 0 Å². The molecule has 4 unspecified atom stereocenters. The zero-order valence-electron chi connectivity index (χ0n) is 9.81. The zero-order chi connectivity index (χ0) is 15.9. The number of aliphatic hydroxyl groups is 4. The van der Waals surface area contributed by atoms with Crippen molar-refractivity contribution in [2.75, 3.05) is 0 Å². The first kappa shape index (κ1) is 15.9. The fraction of sp³-hybridized carbons (Fsp3) is 0.500. The minimum absolute atomic E-state index is 1.63. The van der Waals surface area contributed by atoms with Crippen LogP contribution in [-0.4, -0.2) is 89.2 Å². The van der Waals surface area contributed by atoms with Gasteiger partial charge in [0.1, 0.15) is 0 Å². The molecule has 2 fully saturated rings. The third-order valence-corrected chi connectivity index (χ3v) is 6.98. The predicted octanol–water partition coefficient (Wildman–Crippen LogP) is -4.93. The van der Waals surface area contributed by atoms with Crippen molar-refractivity contribution in [1.29, 1.82) is 0 Å². The Bertz CT molecular complexity index is 422. The molecule has 0 aromatic heterocycles. The molecule has 2 saturated heterocycles. The Kier molecular flexibility index (Phi) is 4.08. The van der Waals surface area contributed by atoms with Gasteiger partial charge in [0.2, 0.25) is 0 Å². The normalized spacial score (nSPS) is 40.6. The van der Waals surface area contributed by atoms with Crippen molar-refractivity contribution in [3.8, 4) is 0 Å². The Balaban J connectivity index is 2.40. The molecule has 0 aliphatic carbocycles. The van der Waals surface area contributed by atoms with Crippen molar-refractivity contribution in [3.63, 3.8) is 0 Å². The van der Waals surface area contributed by atoms with Gasteiger partial charge in [-0.2, -0.15) is 0 Å². The van der Waals surface area contributed by atoms with Gasteiger partial charge < -0.3 is 0 Å². The van der Waals surface area contributed by atoms with Gasteiger partial charge in [-0.15, -0.1) is 0 Å². The summed E-state index contributed by atoms with van der Waals surface area (Å²) in [7, 11) is 0. The van der Waals surface area contributed by atoms with E-state index < -0.39 is 68.8 Å². The average molecular weight is 418 g/mol. The summed E-state index contributed by atoms with van der Waals surface area (Å²) >= 11 is -5.89. The molecule has 0 aromatic carbocycles. The van der Waals surface area contributed by atoms with Crippen molar-refractivity contribution in [3.05, 3.63) is 0 Å². The Morgan fingerprint density at radius 1 is 0.571 bits per heavy atom. The predicted molar refractivity (Wildman–Crippen MR) is 54.1 cm³/mol. The monoisotopic (exact) mass is 417 g/mol. The van der Waals surface area contributed by atoms with E-state index >= 15 is 0 Å². The molecule has 2 heterocycles. The summed E-state index contributed by atoms with van der Waals surface area (Å²) in [4.78, 5) is 45.6. The van der Waals surface area contributed by atoms with Crippen molar-refractivity contribution in [1.82, 2.24) is 0 Å². The molecule has 2 aliphatic rings. The summed E-state index contributed by atoms with van der Waals surface area (Å²) in [6.45, 7) is 0.